The van der Waals surface area contributed by atoms with Crippen molar-refractivity contribution in [2.75, 3.05) is 6.61 Å². The van der Waals surface area contributed by atoms with Crippen molar-refractivity contribution in [3.63, 3.8) is 0 Å². The van der Waals surface area contributed by atoms with E-state index in [1.807, 2.05) is 54.6 Å². The average Bonchev–Trinajstić information content (AvgIpc) is 2.79. The zero-order valence-electron chi connectivity index (χ0n) is 11.1. The van der Waals surface area contributed by atoms with Crippen LogP contribution in [0.2, 0.25) is 0 Å². The average molecular weight is 268 g/mol. The Morgan fingerprint density at radius 1 is 1.10 bits per heavy atom. The Labute approximate surface area is 117 Å². The van der Waals surface area contributed by atoms with Gasteiger partial charge in [-0.1, -0.05) is 48.5 Å². The number of ether oxygens (including phenoxy) is 1. The molecule has 0 amide bonds. The number of aliphatic carboxylic acids is 1. The molecule has 0 bridgehead atoms. The lowest BCUT2D eigenvalue weighted by atomic mass is 9.74. The van der Waals surface area contributed by atoms with Gasteiger partial charge in [0, 0.05) is 11.0 Å². The Hall–Kier alpha value is -2.29. The lowest BCUT2D eigenvalue weighted by Gasteiger charge is -2.26. The molecule has 3 heteroatoms. The minimum absolute atomic E-state index is 0.0822. The van der Waals surface area contributed by atoms with Crippen LogP contribution in [0, 0.1) is 0 Å². The topological polar surface area (TPSA) is 46.5 Å². The summed E-state index contributed by atoms with van der Waals surface area (Å²) in [7, 11) is 0. The predicted molar refractivity (Wildman–Crippen MR) is 76.0 cm³/mol. The molecule has 0 fully saturated rings. The fraction of sp³-hybridized carbons (Fsp3) is 0.235. The summed E-state index contributed by atoms with van der Waals surface area (Å²) in [6, 6.07) is 17.7. The Morgan fingerprint density at radius 3 is 2.55 bits per heavy atom. The van der Waals surface area contributed by atoms with Gasteiger partial charge in [0.1, 0.15) is 5.75 Å². The second-order valence-corrected chi connectivity index (χ2v) is 5.30. The Balaban J connectivity index is 2.01. The van der Waals surface area contributed by atoms with E-state index in [0.717, 1.165) is 16.9 Å². The van der Waals surface area contributed by atoms with E-state index >= 15 is 0 Å². The first-order valence-corrected chi connectivity index (χ1v) is 6.68. The van der Waals surface area contributed by atoms with Crippen LogP contribution in [-0.4, -0.2) is 17.7 Å². The maximum absolute atomic E-state index is 11.3. The summed E-state index contributed by atoms with van der Waals surface area (Å²) in [6.45, 7) is 0.424. The van der Waals surface area contributed by atoms with Gasteiger partial charge in [0.05, 0.1) is 13.0 Å². The summed E-state index contributed by atoms with van der Waals surface area (Å²) in [5.41, 5.74) is 1.67. The number of rotatable bonds is 4. The van der Waals surface area contributed by atoms with Crippen LogP contribution in [0.3, 0.4) is 0 Å². The lowest BCUT2D eigenvalue weighted by Crippen LogP contribution is -2.33. The number of fused-ring (bicyclic) bond motifs is 1. The van der Waals surface area contributed by atoms with Gasteiger partial charge in [0.2, 0.25) is 0 Å². The summed E-state index contributed by atoms with van der Waals surface area (Å²) >= 11 is 0. The zero-order valence-corrected chi connectivity index (χ0v) is 11.1. The van der Waals surface area contributed by atoms with Gasteiger partial charge in [0.15, 0.2) is 0 Å². The van der Waals surface area contributed by atoms with Crippen LogP contribution in [-0.2, 0) is 16.6 Å². The van der Waals surface area contributed by atoms with Crippen molar-refractivity contribution >= 4 is 5.97 Å². The van der Waals surface area contributed by atoms with Crippen molar-refractivity contribution in [2.24, 2.45) is 0 Å². The summed E-state index contributed by atoms with van der Waals surface area (Å²) in [4.78, 5) is 11.3. The van der Waals surface area contributed by atoms with Crippen molar-refractivity contribution < 1.29 is 14.6 Å². The van der Waals surface area contributed by atoms with E-state index in [4.69, 9.17) is 4.74 Å². The monoisotopic (exact) mass is 268 g/mol. The van der Waals surface area contributed by atoms with Crippen LogP contribution >= 0.6 is 0 Å². The number of carbonyl (C=O) groups is 1. The smallest absolute Gasteiger partial charge is 0.304 e. The third-order valence-electron chi connectivity index (χ3n) is 3.84. The molecule has 1 heterocycles. The zero-order chi connectivity index (χ0) is 14.0. The van der Waals surface area contributed by atoms with Crippen LogP contribution in [0.15, 0.2) is 54.6 Å². The summed E-state index contributed by atoms with van der Waals surface area (Å²) in [5.74, 6) is 0.0194. The summed E-state index contributed by atoms with van der Waals surface area (Å²) < 4.78 is 5.72. The second-order valence-electron chi connectivity index (χ2n) is 5.30. The minimum Gasteiger partial charge on any atom is -0.492 e. The van der Waals surface area contributed by atoms with Gasteiger partial charge in [-0.15, -0.1) is 0 Å². The molecule has 2 aromatic carbocycles. The highest BCUT2D eigenvalue weighted by molar-refractivity contribution is 5.70. The SMILES string of the molecule is O=C(O)C[C@@]1(Cc2ccccc2)COc2ccccc21. The molecule has 3 nitrogen and oxygen atoms in total. The molecule has 20 heavy (non-hydrogen) atoms. The molecule has 0 aromatic heterocycles. The fourth-order valence-electron chi connectivity index (χ4n) is 2.96. The number of benzene rings is 2. The maximum atomic E-state index is 11.3. The third-order valence-corrected chi connectivity index (χ3v) is 3.84. The first-order chi connectivity index (χ1) is 9.70. The minimum atomic E-state index is -0.791. The molecule has 0 spiro atoms. The molecule has 1 aliphatic rings. The Bertz CT molecular complexity index is 621. The molecule has 0 saturated heterocycles. The van der Waals surface area contributed by atoms with E-state index in [0.29, 0.717) is 13.0 Å². The standard InChI is InChI=1S/C17H16O3/c18-16(19)11-17(10-13-6-2-1-3-7-13)12-20-15-9-5-4-8-14(15)17/h1-9H,10-12H2,(H,18,19)/t17-/m0/s1. The van der Waals surface area contributed by atoms with Gasteiger partial charge in [0.25, 0.3) is 0 Å². The molecule has 0 unspecified atom stereocenters. The number of hydrogen-bond acceptors (Lipinski definition) is 2. The number of carboxylic acid groups (broad SMARTS) is 1. The molecule has 1 N–H and O–H groups in total. The van der Waals surface area contributed by atoms with Crippen LogP contribution in [0.4, 0.5) is 0 Å². The second kappa shape index (κ2) is 5.00. The first kappa shape index (κ1) is 12.7. The van der Waals surface area contributed by atoms with E-state index in [1.54, 1.807) is 0 Å². The predicted octanol–water partition coefficient (Wildman–Crippen LogP) is 3.03. The van der Waals surface area contributed by atoms with Gasteiger partial charge in [-0.05, 0) is 18.1 Å². The molecule has 0 saturated carbocycles. The molecule has 3 rings (SSSR count). The van der Waals surface area contributed by atoms with Gasteiger partial charge in [-0.2, -0.15) is 0 Å². The maximum Gasteiger partial charge on any atom is 0.304 e. The van der Waals surface area contributed by atoms with Crippen LogP contribution < -0.4 is 4.74 Å². The van der Waals surface area contributed by atoms with E-state index in [9.17, 15) is 9.90 Å². The van der Waals surface area contributed by atoms with Gasteiger partial charge >= 0.3 is 5.97 Å². The molecular formula is C17H16O3. The molecule has 102 valence electrons. The van der Waals surface area contributed by atoms with Crippen LogP contribution in [0.1, 0.15) is 17.5 Å². The number of carboxylic acids is 1. The molecule has 1 aliphatic heterocycles. The van der Waals surface area contributed by atoms with Crippen molar-refractivity contribution in [3.05, 3.63) is 65.7 Å². The molecule has 1 atom stereocenters. The number of hydrogen-bond donors (Lipinski definition) is 1. The lowest BCUT2D eigenvalue weighted by molar-refractivity contribution is -0.138. The fourth-order valence-corrected chi connectivity index (χ4v) is 2.96. The summed E-state index contributed by atoms with van der Waals surface area (Å²) in [6.07, 6.45) is 0.760. The van der Waals surface area contributed by atoms with Crippen LogP contribution in [0.25, 0.3) is 0 Å². The Morgan fingerprint density at radius 2 is 1.80 bits per heavy atom. The van der Waals surface area contributed by atoms with E-state index in [2.05, 4.69) is 0 Å². The number of para-hydroxylation sites is 1. The normalized spacial score (nSPS) is 20.2. The molecular weight excluding hydrogens is 252 g/mol. The molecule has 0 aliphatic carbocycles. The largest absolute Gasteiger partial charge is 0.492 e. The Kier molecular flexibility index (Phi) is 3.18. The highest BCUT2D eigenvalue weighted by Crippen LogP contribution is 2.43. The van der Waals surface area contributed by atoms with Crippen molar-refractivity contribution in [1.82, 2.24) is 0 Å². The third kappa shape index (κ3) is 2.27. The molecule has 2 aromatic rings. The first-order valence-electron chi connectivity index (χ1n) is 6.68. The van der Waals surface area contributed by atoms with E-state index < -0.39 is 11.4 Å². The van der Waals surface area contributed by atoms with Gasteiger partial charge in [-0.25, -0.2) is 0 Å². The van der Waals surface area contributed by atoms with Crippen molar-refractivity contribution in [2.45, 2.75) is 18.3 Å². The highest BCUT2D eigenvalue weighted by atomic mass is 16.5. The van der Waals surface area contributed by atoms with Gasteiger partial charge < -0.3 is 9.84 Å². The van der Waals surface area contributed by atoms with E-state index in [-0.39, 0.29) is 6.42 Å². The van der Waals surface area contributed by atoms with Gasteiger partial charge in [-0.3, -0.25) is 4.79 Å². The van der Waals surface area contributed by atoms with Crippen LogP contribution in [0.5, 0.6) is 5.75 Å². The van der Waals surface area contributed by atoms with Crippen molar-refractivity contribution in [3.8, 4) is 5.75 Å². The highest BCUT2D eigenvalue weighted by Gasteiger charge is 2.42. The van der Waals surface area contributed by atoms with Crippen molar-refractivity contribution in [1.29, 1.82) is 0 Å². The summed E-state index contributed by atoms with van der Waals surface area (Å²) in [5, 5.41) is 9.29. The van der Waals surface area contributed by atoms with E-state index in [1.165, 1.54) is 0 Å². The quantitative estimate of drug-likeness (QED) is 0.927. The molecule has 0 radical (unpaired) electrons.